The molecule has 0 saturated carbocycles. The summed E-state index contributed by atoms with van der Waals surface area (Å²) >= 11 is 0. The first-order valence-electron chi connectivity index (χ1n) is 4.51. The third-order valence-electron chi connectivity index (χ3n) is 2.21. The number of primary sulfonamides is 1. The number of aromatic nitrogens is 1. The van der Waals surface area contributed by atoms with Crippen LogP contribution in [0.1, 0.15) is 6.92 Å². The van der Waals surface area contributed by atoms with Crippen molar-refractivity contribution in [3.05, 3.63) is 18.3 Å². The van der Waals surface area contributed by atoms with Crippen LogP contribution in [0.25, 0.3) is 0 Å². The molecule has 6 nitrogen and oxygen atoms in total. The zero-order valence-corrected chi connectivity index (χ0v) is 10.2. The molecule has 88 valence electrons. The summed E-state index contributed by atoms with van der Waals surface area (Å²) in [7, 11) is -0.828. The van der Waals surface area contributed by atoms with Gasteiger partial charge in [0.25, 0.3) is 0 Å². The molecule has 0 atom stereocenters. The van der Waals surface area contributed by atoms with E-state index in [0.29, 0.717) is 0 Å². The number of anilines is 1. The predicted molar refractivity (Wildman–Crippen MR) is 58.1 cm³/mol. The Morgan fingerprint density at radius 2 is 2.06 bits per heavy atom. The molecule has 1 heterocycles. The number of aryl methyl sites for hydroxylation is 1. The minimum Gasteiger partial charge on any atom is -0.309 e. The third kappa shape index (κ3) is 2.37. The number of carbonyl (C=O) groups excluding carboxylic acids is 1. The first-order valence-corrected chi connectivity index (χ1v) is 6.05. The highest BCUT2D eigenvalue weighted by Crippen LogP contribution is 2.18. The molecule has 1 rings (SSSR count). The maximum Gasteiger partial charge on any atom is 0.335 e. The lowest BCUT2D eigenvalue weighted by Crippen LogP contribution is -2.40. The summed E-state index contributed by atoms with van der Waals surface area (Å²) in [6.45, 7) is 1.35. The molecule has 0 saturated heterocycles. The molecule has 0 aliphatic heterocycles. The van der Waals surface area contributed by atoms with Crippen LogP contribution in [0.15, 0.2) is 23.4 Å². The van der Waals surface area contributed by atoms with Gasteiger partial charge in [0.1, 0.15) is 12.7 Å². The Kier molecular flexibility index (Phi) is 3.30. The van der Waals surface area contributed by atoms with Crippen molar-refractivity contribution in [2.45, 2.75) is 11.9 Å². The van der Waals surface area contributed by atoms with Crippen LogP contribution in [-0.4, -0.2) is 21.4 Å². The summed E-state index contributed by atoms with van der Waals surface area (Å²) in [4.78, 5) is 12.5. The normalized spacial score (nSPS) is 11.2. The molecule has 1 aromatic heterocycles. The second-order valence-electron chi connectivity index (χ2n) is 3.43. The van der Waals surface area contributed by atoms with Crippen molar-refractivity contribution in [1.29, 1.82) is 0 Å². The first-order chi connectivity index (χ1) is 7.25. The fraction of sp³-hybridized carbons (Fsp3) is 0.333. The van der Waals surface area contributed by atoms with Crippen LogP contribution in [0.5, 0.6) is 0 Å². The number of hydrogen-bond acceptors (Lipinski definition) is 3. The number of sulfonamides is 1. The highest BCUT2D eigenvalue weighted by molar-refractivity contribution is 7.89. The van der Waals surface area contributed by atoms with Gasteiger partial charge in [-0.2, -0.15) is 4.57 Å². The Balaban J connectivity index is 3.53. The van der Waals surface area contributed by atoms with Crippen molar-refractivity contribution in [2.24, 2.45) is 12.2 Å². The molecule has 0 aromatic carbocycles. The second-order valence-corrected chi connectivity index (χ2v) is 4.91. The smallest absolute Gasteiger partial charge is 0.309 e. The lowest BCUT2D eigenvalue weighted by molar-refractivity contribution is -0.708. The first kappa shape index (κ1) is 12.6. The lowest BCUT2D eigenvalue weighted by Gasteiger charge is -2.15. The Morgan fingerprint density at radius 3 is 2.50 bits per heavy atom. The SMILES string of the molecule is CC(=O)N(C)c1ccc[n+](C)c1S(N)(=O)=O. The standard InChI is InChI=1S/C9H14N3O3S/c1-7(13)12(3)8-5-4-6-11(2)9(8)16(10,14)15/h4-6H,1-3H3,(H2,10,14,15)/q+1. The molecule has 0 radical (unpaired) electrons. The number of rotatable bonds is 2. The van der Waals surface area contributed by atoms with Gasteiger partial charge < -0.3 is 4.90 Å². The lowest BCUT2D eigenvalue weighted by atomic mass is 10.3. The topological polar surface area (TPSA) is 84.3 Å². The van der Waals surface area contributed by atoms with E-state index in [-0.39, 0.29) is 16.6 Å². The van der Waals surface area contributed by atoms with Gasteiger partial charge in [0, 0.05) is 20.0 Å². The minimum absolute atomic E-state index is 0.0901. The summed E-state index contributed by atoms with van der Waals surface area (Å²) in [5.74, 6) is -0.267. The maximum atomic E-state index is 11.4. The molecule has 7 heteroatoms. The van der Waals surface area contributed by atoms with E-state index in [1.165, 1.54) is 29.5 Å². The molecule has 0 spiro atoms. The van der Waals surface area contributed by atoms with E-state index in [4.69, 9.17) is 5.14 Å². The van der Waals surface area contributed by atoms with E-state index in [1.807, 2.05) is 0 Å². The van der Waals surface area contributed by atoms with Crippen molar-refractivity contribution in [3.8, 4) is 0 Å². The van der Waals surface area contributed by atoms with Gasteiger partial charge in [-0.05, 0) is 6.07 Å². The third-order valence-corrected chi connectivity index (χ3v) is 3.24. The van der Waals surface area contributed by atoms with Crippen molar-refractivity contribution in [1.82, 2.24) is 0 Å². The number of nitrogens with zero attached hydrogens (tertiary/aromatic N) is 2. The van der Waals surface area contributed by atoms with Crippen molar-refractivity contribution >= 4 is 21.6 Å². The van der Waals surface area contributed by atoms with E-state index in [2.05, 4.69) is 0 Å². The Bertz CT molecular complexity index is 525. The molecular formula is C9H14N3O3S+. The van der Waals surface area contributed by atoms with Gasteiger partial charge in [-0.25, -0.2) is 13.6 Å². The van der Waals surface area contributed by atoms with E-state index in [0.717, 1.165) is 0 Å². The van der Waals surface area contributed by atoms with E-state index in [9.17, 15) is 13.2 Å². The summed E-state index contributed by atoms with van der Waals surface area (Å²) in [6, 6.07) is 3.17. The molecule has 0 bridgehead atoms. The van der Waals surface area contributed by atoms with Crippen molar-refractivity contribution in [2.75, 3.05) is 11.9 Å². The molecule has 1 aromatic rings. The molecule has 0 unspecified atom stereocenters. The van der Waals surface area contributed by atoms with Crippen molar-refractivity contribution < 1.29 is 17.8 Å². The predicted octanol–water partition coefficient (Wildman–Crippen LogP) is -0.859. The molecule has 0 fully saturated rings. The highest BCUT2D eigenvalue weighted by atomic mass is 32.2. The Morgan fingerprint density at radius 1 is 1.50 bits per heavy atom. The fourth-order valence-corrected chi connectivity index (χ4v) is 2.31. The van der Waals surface area contributed by atoms with Crippen LogP contribution in [0.3, 0.4) is 0 Å². The molecule has 2 N–H and O–H groups in total. The summed E-state index contributed by atoms with van der Waals surface area (Å²) in [6.07, 6.45) is 1.55. The van der Waals surface area contributed by atoms with E-state index >= 15 is 0 Å². The van der Waals surface area contributed by atoms with Crippen LogP contribution in [0.4, 0.5) is 5.69 Å². The largest absolute Gasteiger partial charge is 0.335 e. The Labute approximate surface area is 94.3 Å². The van der Waals surface area contributed by atoms with Gasteiger partial charge in [0.2, 0.25) is 5.91 Å². The van der Waals surface area contributed by atoms with Gasteiger partial charge in [-0.15, -0.1) is 0 Å². The number of nitrogens with two attached hydrogens (primary N) is 1. The molecular weight excluding hydrogens is 230 g/mol. The van der Waals surface area contributed by atoms with Crippen molar-refractivity contribution in [3.63, 3.8) is 0 Å². The van der Waals surface area contributed by atoms with Crippen LogP contribution in [0.2, 0.25) is 0 Å². The average Bonchev–Trinajstić information content (AvgIpc) is 2.14. The molecule has 1 amide bonds. The Hall–Kier alpha value is -1.47. The van der Waals surface area contributed by atoms with E-state index in [1.54, 1.807) is 19.3 Å². The summed E-state index contributed by atoms with van der Waals surface area (Å²) in [5, 5.41) is 5.02. The molecule has 16 heavy (non-hydrogen) atoms. The zero-order valence-electron chi connectivity index (χ0n) is 9.34. The van der Waals surface area contributed by atoms with Crippen LogP contribution in [-0.2, 0) is 21.9 Å². The second kappa shape index (κ2) is 4.18. The number of amides is 1. The highest BCUT2D eigenvalue weighted by Gasteiger charge is 2.28. The van der Waals surface area contributed by atoms with Gasteiger partial charge in [0.05, 0.1) is 0 Å². The number of hydrogen-bond donors (Lipinski definition) is 1. The van der Waals surface area contributed by atoms with E-state index < -0.39 is 10.0 Å². The van der Waals surface area contributed by atoms with Gasteiger partial charge >= 0.3 is 15.0 Å². The number of pyridine rings is 1. The maximum absolute atomic E-state index is 11.4. The summed E-state index contributed by atoms with van der Waals surface area (Å²) in [5.41, 5.74) is 0.264. The monoisotopic (exact) mass is 244 g/mol. The van der Waals surface area contributed by atoms with Gasteiger partial charge in [0.15, 0.2) is 6.20 Å². The quantitative estimate of drug-likeness (QED) is 0.687. The van der Waals surface area contributed by atoms with Gasteiger partial charge in [-0.3, -0.25) is 4.79 Å². The van der Waals surface area contributed by atoms with Crippen LogP contribution < -0.4 is 14.6 Å². The molecule has 0 aliphatic carbocycles. The fourth-order valence-electron chi connectivity index (χ4n) is 1.35. The van der Waals surface area contributed by atoms with Crippen LogP contribution in [0, 0.1) is 0 Å². The van der Waals surface area contributed by atoms with Crippen LogP contribution >= 0.6 is 0 Å². The average molecular weight is 244 g/mol. The number of carbonyl (C=O) groups is 1. The zero-order chi connectivity index (χ0) is 12.5. The van der Waals surface area contributed by atoms with Gasteiger partial charge in [-0.1, -0.05) is 0 Å². The molecule has 0 aliphatic rings. The summed E-state index contributed by atoms with van der Waals surface area (Å²) < 4.78 is 24.2. The minimum atomic E-state index is -3.87.